The third kappa shape index (κ3) is 3.65. The summed E-state index contributed by atoms with van der Waals surface area (Å²) >= 11 is 0. The second kappa shape index (κ2) is 7.83. The van der Waals surface area contributed by atoms with Gasteiger partial charge in [-0.1, -0.05) is 18.2 Å². The number of carbonyl (C=O) groups is 3. The number of aromatic nitrogens is 2. The molecule has 2 fully saturated rings. The van der Waals surface area contributed by atoms with E-state index in [1.165, 1.54) is 0 Å². The molecule has 8 heteroatoms. The van der Waals surface area contributed by atoms with Crippen molar-refractivity contribution in [1.82, 2.24) is 19.8 Å². The summed E-state index contributed by atoms with van der Waals surface area (Å²) < 4.78 is 7.92. The number of benzene rings is 2. The first-order valence-corrected chi connectivity index (χ1v) is 11.5. The maximum absolute atomic E-state index is 13.0. The minimum absolute atomic E-state index is 0.176. The van der Waals surface area contributed by atoms with Crippen molar-refractivity contribution in [3.05, 3.63) is 59.8 Å². The van der Waals surface area contributed by atoms with E-state index in [1.807, 2.05) is 54.2 Å². The fourth-order valence-electron chi connectivity index (χ4n) is 4.69. The molecule has 3 heterocycles. The number of carbonyl (C=O) groups excluding carboxylic acids is 3. The molecule has 1 aromatic heterocycles. The highest BCUT2D eigenvalue weighted by atomic mass is 16.5. The number of imidazole rings is 1. The van der Waals surface area contributed by atoms with E-state index in [0.717, 1.165) is 46.8 Å². The SMILES string of the molecule is Cn1cc(-c2ccc3c(c2)CN(C2CCC(=O)NC2=O)C3=O)nc1-c1cccc(OC2CC2)c1. The molecule has 0 radical (unpaired) electrons. The van der Waals surface area contributed by atoms with Gasteiger partial charge >= 0.3 is 0 Å². The second-order valence-electron chi connectivity index (χ2n) is 9.18. The lowest BCUT2D eigenvalue weighted by atomic mass is 10.0. The second-order valence-corrected chi connectivity index (χ2v) is 9.18. The molecular weight excluding hydrogens is 432 g/mol. The molecule has 1 N–H and O–H groups in total. The van der Waals surface area contributed by atoms with E-state index in [1.54, 1.807) is 11.0 Å². The summed E-state index contributed by atoms with van der Waals surface area (Å²) in [6.07, 6.45) is 5.12. The van der Waals surface area contributed by atoms with Crippen molar-refractivity contribution < 1.29 is 19.1 Å². The van der Waals surface area contributed by atoms with Crippen molar-refractivity contribution in [3.8, 4) is 28.4 Å². The zero-order valence-electron chi connectivity index (χ0n) is 18.8. The molecule has 34 heavy (non-hydrogen) atoms. The Hall–Kier alpha value is -3.94. The van der Waals surface area contributed by atoms with Gasteiger partial charge in [-0.15, -0.1) is 0 Å². The molecule has 2 aliphatic heterocycles. The average molecular weight is 457 g/mol. The molecule has 1 aliphatic carbocycles. The fourth-order valence-corrected chi connectivity index (χ4v) is 4.69. The third-order valence-electron chi connectivity index (χ3n) is 6.62. The van der Waals surface area contributed by atoms with Crippen LogP contribution in [0.2, 0.25) is 0 Å². The Morgan fingerprint density at radius 1 is 1.03 bits per heavy atom. The summed E-state index contributed by atoms with van der Waals surface area (Å²) in [5.74, 6) is 0.820. The maximum atomic E-state index is 13.0. The van der Waals surface area contributed by atoms with Crippen LogP contribution in [0.1, 0.15) is 41.6 Å². The first-order chi connectivity index (χ1) is 16.5. The summed E-state index contributed by atoms with van der Waals surface area (Å²) in [4.78, 5) is 43.2. The predicted octanol–water partition coefficient (Wildman–Crippen LogP) is 3.06. The number of nitrogens with one attached hydrogen (secondary N) is 1. The quantitative estimate of drug-likeness (QED) is 0.596. The number of amides is 3. The lowest BCUT2D eigenvalue weighted by Gasteiger charge is -2.29. The Balaban J connectivity index is 1.26. The number of fused-ring (bicyclic) bond motifs is 1. The number of ether oxygens (including phenoxy) is 1. The van der Waals surface area contributed by atoms with Crippen LogP contribution in [0.4, 0.5) is 0 Å². The van der Waals surface area contributed by atoms with Crippen LogP contribution >= 0.6 is 0 Å². The van der Waals surface area contributed by atoms with Crippen LogP contribution < -0.4 is 10.1 Å². The van der Waals surface area contributed by atoms with E-state index >= 15 is 0 Å². The number of rotatable bonds is 5. The van der Waals surface area contributed by atoms with E-state index in [4.69, 9.17) is 9.72 Å². The van der Waals surface area contributed by atoms with Crippen LogP contribution in [0.25, 0.3) is 22.6 Å². The van der Waals surface area contributed by atoms with Gasteiger partial charge in [0.05, 0.1) is 11.8 Å². The molecule has 1 saturated carbocycles. The first-order valence-electron chi connectivity index (χ1n) is 11.5. The highest BCUT2D eigenvalue weighted by molar-refractivity contribution is 6.05. The number of hydrogen-bond acceptors (Lipinski definition) is 5. The zero-order valence-corrected chi connectivity index (χ0v) is 18.8. The molecule has 0 spiro atoms. The summed E-state index contributed by atoms with van der Waals surface area (Å²) in [5.41, 5.74) is 4.14. The Bertz CT molecular complexity index is 1340. The topological polar surface area (TPSA) is 93.5 Å². The van der Waals surface area contributed by atoms with Crippen LogP contribution in [0, 0.1) is 0 Å². The minimum Gasteiger partial charge on any atom is -0.490 e. The molecule has 172 valence electrons. The van der Waals surface area contributed by atoms with Gasteiger partial charge in [0.25, 0.3) is 5.91 Å². The number of imide groups is 1. The van der Waals surface area contributed by atoms with Crippen molar-refractivity contribution >= 4 is 17.7 Å². The fraction of sp³-hybridized carbons (Fsp3) is 0.308. The number of hydrogen-bond donors (Lipinski definition) is 1. The van der Waals surface area contributed by atoms with Gasteiger partial charge in [0.2, 0.25) is 11.8 Å². The van der Waals surface area contributed by atoms with E-state index in [2.05, 4.69) is 5.32 Å². The molecule has 6 rings (SSSR count). The van der Waals surface area contributed by atoms with Crippen LogP contribution in [0.15, 0.2) is 48.7 Å². The molecule has 3 amide bonds. The molecular formula is C26H24N4O4. The molecule has 0 bridgehead atoms. The Labute approximate surface area is 196 Å². The lowest BCUT2D eigenvalue weighted by molar-refractivity contribution is -0.136. The molecule has 1 atom stereocenters. The van der Waals surface area contributed by atoms with Crippen LogP contribution in [0.5, 0.6) is 5.75 Å². The van der Waals surface area contributed by atoms with Gasteiger partial charge < -0.3 is 14.2 Å². The van der Waals surface area contributed by atoms with Gasteiger partial charge in [-0.05, 0) is 49.1 Å². The molecule has 3 aliphatic rings. The number of piperidine rings is 1. The van der Waals surface area contributed by atoms with E-state index in [0.29, 0.717) is 24.6 Å². The molecule has 2 aromatic carbocycles. The molecule has 8 nitrogen and oxygen atoms in total. The minimum atomic E-state index is -0.618. The standard InChI is InChI=1S/C26H24N4O4/c1-29-14-21(27-24(29)16-3-2-4-19(12-16)34-18-6-7-18)15-5-8-20-17(11-15)13-30(26(20)33)22-9-10-23(31)28-25(22)32/h2-5,8,11-12,14,18,22H,6-7,9-10,13H2,1H3,(H,28,31,32). The van der Waals surface area contributed by atoms with Gasteiger partial charge in [0, 0.05) is 42.9 Å². The smallest absolute Gasteiger partial charge is 0.255 e. The summed E-state index contributed by atoms with van der Waals surface area (Å²) in [5, 5.41) is 2.34. The summed E-state index contributed by atoms with van der Waals surface area (Å²) in [6, 6.07) is 13.0. The highest BCUT2D eigenvalue weighted by Gasteiger charge is 2.39. The van der Waals surface area contributed by atoms with Crippen molar-refractivity contribution in [3.63, 3.8) is 0 Å². The largest absolute Gasteiger partial charge is 0.490 e. The Kier molecular flexibility index (Phi) is 4.76. The van der Waals surface area contributed by atoms with Crippen molar-refractivity contribution in [2.75, 3.05) is 0 Å². The van der Waals surface area contributed by atoms with Gasteiger partial charge in [0.1, 0.15) is 17.6 Å². The Morgan fingerprint density at radius 2 is 1.88 bits per heavy atom. The summed E-state index contributed by atoms with van der Waals surface area (Å²) in [7, 11) is 1.96. The number of aryl methyl sites for hydroxylation is 1. The monoisotopic (exact) mass is 456 g/mol. The predicted molar refractivity (Wildman–Crippen MR) is 124 cm³/mol. The van der Waals surface area contributed by atoms with Gasteiger partial charge in [-0.3, -0.25) is 19.7 Å². The van der Waals surface area contributed by atoms with Gasteiger partial charge in [-0.25, -0.2) is 4.98 Å². The van der Waals surface area contributed by atoms with E-state index < -0.39 is 11.9 Å². The maximum Gasteiger partial charge on any atom is 0.255 e. The van der Waals surface area contributed by atoms with Gasteiger partial charge in [0.15, 0.2) is 0 Å². The average Bonchev–Trinajstić information content (AvgIpc) is 3.46. The molecule has 1 saturated heterocycles. The van der Waals surface area contributed by atoms with Crippen LogP contribution in [-0.2, 0) is 23.2 Å². The van der Waals surface area contributed by atoms with Gasteiger partial charge in [-0.2, -0.15) is 0 Å². The molecule has 1 unspecified atom stereocenters. The third-order valence-corrected chi connectivity index (χ3v) is 6.62. The van der Waals surface area contributed by atoms with Crippen molar-refractivity contribution in [2.24, 2.45) is 7.05 Å². The normalized spacial score (nSPS) is 19.9. The Morgan fingerprint density at radius 3 is 2.68 bits per heavy atom. The van der Waals surface area contributed by atoms with E-state index in [-0.39, 0.29) is 18.2 Å². The number of nitrogens with zero attached hydrogens (tertiary/aromatic N) is 3. The van der Waals surface area contributed by atoms with E-state index in [9.17, 15) is 14.4 Å². The van der Waals surface area contributed by atoms with Crippen LogP contribution in [0.3, 0.4) is 0 Å². The van der Waals surface area contributed by atoms with Crippen molar-refractivity contribution in [2.45, 2.75) is 44.4 Å². The molecule has 3 aromatic rings. The first kappa shape index (κ1) is 20.7. The lowest BCUT2D eigenvalue weighted by Crippen LogP contribution is -2.52. The zero-order chi connectivity index (χ0) is 23.4. The highest BCUT2D eigenvalue weighted by Crippen LogP contribution is 2.33. The van der Waals surface area contributed by atoms with Crippen molar-refractivity contribution in [1.29, 1.82) is 0 Å². The van der Waals surface area contributed by atoms with Crippen LogP contribution in [-0.4, -0.2) is 44.3 Å². The summed E-state index contributed by atoms with van der Waals surface area (Å²) in [6.45, 7) is 0.342.